The van der Waals surface area contributed by atoms with E-state index in [2.05, 4.69) is 17.3 Å². The van der Waals surface area contributed by atoms with Crippen LogP contribution in [-0.4, -0.2) is 15.0 Å². The van der Waals surface area contributed by atoms with E-state index in [4.69, 9.17) is 6.42 Å². The van der Waals surface area contributed by atoms with E-state index in [0.29, 0.717) is 0 Å². The lowest BCUT2D eigenvalue weighted by Gasteiger charge is -1.99. The molecule has 3 nitrogen and oxygen atoms in total. The van der Waals surface area contributed by atoms with Crippen LogP contribution < -0.4 is 0 Å². The van der Waals surface area contributed by atoms with Crippen LogP contribution in [0.4, 0.5) is 0 Å². The summed E-state index contributed by atoms with van der Waals surface area (Å²) in [5.41, 5.74) is 0. The molecule has 11 heavy (non-hydrogen) atoms. The molecule has 0 amide bonds. The first-order valence-corrected chi connectivity index (χ1v) is 4.09. The molecule has 0 rings (SSSR count). The van der Waals surface area contributed by atoms with E-state index >= 15 is 0 Å². The maximum Gasteiger partial charge on any atom is 0.297 e. The number of terminal acetylenes is 1. The number of rotatable bonds is 4. The molecule has 60 valence electrons. The van der Waals surface area contributed by atoms with Gasteiger partial charge in [0.05, 0.1) is 4.91 Å². The van der Waals surface area contributed by atoms with Crippen LogP contribution in [-0.2, 0) is 14.3 Å². The third-order valence-corrected chi connectivity index (χ3v) is 2.08. The molecule has 0 unspecified atom stereocenters. The minimum Gasteiger partial charge on any atom is -0.253 e. The average Bonchev–Trinajstić information content (AvgIpc) is 1.99. The maximum atomic E-state index is 10.8. The summed E-state index contributed by atoms with van der Waals surface area (Å²) >= 11 is 0. The number of allylic oxidation sites excluding steroid dienone is 1. The fraction of sp³-hybridized carbons (Fsp3) is 0.143. The van der Waals surface area contributed by atoms with Gasteiger partial charge in [-0.2, -0.15) is 8.42 Å². The molecule has 0 spiro atoms. The zero-order chi connectivity index (χ0) is 8.91. The first-order chi connectivity index (χ1) is 5.04. The lowest BCUT2D eigenvalue weighted by atomic mass is 10.6. The molecule has 0 heterocycles. The van der Waals surface area contributed by atoms with Crippen molar-refractivity contribution in [3.05, 3.63) is 24.1 Å². The predicted molar refractivity (Wildman–Crippen MR) is 43.0 cm³/mol. The first kappa shape index (κ1) is 9.95. The van der Waals surface area contributed by atoms with Crippen LogP contribution in [0.5, 0.6) is 0 Å². The summed E-state index contributed by atoms with van der Waals surface area (Å²) < 4.78 is 26.0. The highest BCUT2D eigenvalue weighted by atomic mass is 32.2. The third kappa shape index (κ3) is 3.03. The molecule has 0 bridgehead atoms. The van der Waals surface area contributed by atoms with Gasteiger partial charge < -0.3 is 0 Å². The molecule has 0 aliphatic carbocycles. The van der Waals surface area contributed by atoms with Gasteiger partial charge in [0.15, 0.2) is 0 Å². The summed E-state index contributed by atoms with van der Waals surface area (Å²) in [7, 11) is -3.73. The Morgan fingerprint density at radius 2 is 2.27 bits per heavy atom. The highest BCUT2D eigenvalue weighted by Gasteiger charge is 2.11. The van der Waals surface area contributed by atoms with Gasteiger partial charge in [0.1, 0.15) is 6.61 Å². The van der Waals surface area contributed by atoms with Gasteiger partial charge in [-0.1, -0.05) is 19.1 Å². The quantitative estimate of drug-likeness (QED) is 0.355. The lowest BCUT2D eigenvalue weighted by molar-refractivity contribution is 0.369. The van der Waals surface area contributed by atoms with Crippen LogP contribution in [0, 0.1) is 12.3 Å². The Hall–Kier alpha value is -1.05. The molecular formula is C7H8O3S. The van der Waals surface area contributed by atoms with Crippen LogP contribution >= 0.6 is 0 Å². The van der Waals surface area contributed by atoms with Gasteiger partial charge in [-0.05, 0) is 6.08 Å². The van der Waals surface area contributed by atoms with Gasteiger partial charge in [-0.25, -0.2) is 0 Å². The second-order valence-corrected chi connectivity index (χ2v) is 3.26. The summed E-state index contributed by atoms with van der Waals surface area (Å²) in [4.78, 5) is -0.187. The molecule has 4 heteroatoms. The van der Waals surface area contributed by atoms with E-state index in [1.807, 2.05) is 5.92 Å². The molecular weight excluding hydrogens is 164 g/mol. The van der Waals surface area contributed by atoms with Crippen molar-refractivity contribution in [3.8, 4) is 12.3 Å². The van der Waals surface area contributed by atoms with Crippen molar-refractivity contribution >= 4 is 10.1 Å². The summed E-state index contributed by atoms with van der Waals surface area (Å²) in [6.07, 6.45) is 5.87. The Labute approximate surface area is 66.5 Å². The molecule has 0 aliphatic heterocycles. The standard InChI is InChI=1S/C7H8O3S/c1-4-6-10-11(8,9)7(3)5-2/h1,5H,2-3,6H2. The molecule has 0 N–H and O–H groups in total. The van der Waals surface area contributed by atoms with Crippen molar-refractivity contribution < 1.29 is 12.6 Å². The van der Waals surface area contributed by atoms with Crippen molar-refractivity contribution in [2.45, 2.75) is 0 Å². The molecule has 0 atom stereocenters. The van der Waals surface area contributed by atoms with Crippen LogP contribution in [0.15, 0.2) is 24.1 Å². The van der Waals surface area contributed by atoms with Crippen LogP contribution in [0.1, 0.15) is 0 Å². The van der Waals surface area contributed by atoms with Gasteiger partial charge >= 0.3 is 0 Å². The number of hydrogen-bond acceptors (Lipinski definition) is 3. The maximum absolute atomic E-state index is 10.8. The van der Waals surface area contributed by atoms with Crippen molar-refractivity contribution in [3.63, 3.8) is 0 Å². The summed E-state index contributed by atoms with van der Waals surface area (Å²) in [6.45, 7) is 6.14. The van der Waals surface area contributed by atoms with Crippen LogP contribution in [0.25, 0.3) is 0 Å². The van der Waals surface area contributed by atoms with Gasteiger partial charge in [0, 0.05) is 0 Å². The second-order valence-electron chi connectivity index (χ2n) is 1.59. The van der Waals surface area contributed by atoms with Crippen LogP contribution in [0.3, 0.4) is 0 Å². The van der Waals surface area contributed by atoms with E-state index in [0.717, 1.165) is 6.08 Å². The first-order valence-electron chi connectivity index (χ1n) is 2.69. The Morgan fingerprint density at radius 1 is 1.73 bits per heavy atom. The van der Waals surface area contributed by atoms with E-state index in [9.17, 15) is 8.42 Å². The van der Waals surface area contributed by atoms with Gasteiger partial charge in [-0.15, -0.1) is 6.42 Å². The molecule has 0 fully saturated rings. The molecule has 0 aromatic rings. The minimum atomic E-state index is -3.73. The Morgan fingerprint density at radius 3 is 2.64 bits per heavy atom. The molecule has 0 saturated heterocycles. The number of hydrogen-bond donors (Lipinski definition) is 0. The molecule has 0 aromatic carbocycles. The minimum absolute atomic E-state index is 0.187. The predicted octanol–water partition coefficient (Wildman–Crippen LogP) is 0.666. The van der Waals surface area contributed by atoms with Gasteiger partial charge in [-0.3, -0.25) is 4.18 Å². The Kier molecular flexibility index (Phi) is 3.58. The van der Waals surface area contributed by atoms with E-state index in [-0.39, 0.29) is 11.5 Å². The largest absolute Gasteiger partial charge is 0.297 e. The van der Waals surface area contributed by atoms with Crippen molar-refractivity contribution in [2.75, 3.05) is 6.61 Å². The fourth-order valence-corrected chi connectivity index (χ4v) is 0.868. The molecule has 0 aliphatic rings. The smallest absolute Gasteiger partial charge is 0.253 e. The summed E-state index contributed by atoms with van der Waals surface area (Å²) in [5, 5.41) is 0. The van der Waals surface area contributed by atoms with Crippen molar-refractivity contribution in [1.82, 2.24) is 0 Å². The zero-order valence-electron chi connectivity index (χ0n) is 5.91. The Bertz CT molecular complexity index is 292. The van der Waals surface area contributed by atoms with Gasteiger partial charge in [0.25, 0.3) is 10.1 Å². The van der Waals surface area contributed by atoms with E-state index in [1.54, 1.807) is 0 Å². The average molecular weight is 172 g/mol. The molecule has 0 radical (unpaired) electrons. The lowest BCUT2D eigenvalue weighted by Crippen LogP contribution is -2.06. The SMILES string of the molecule is C#CCOS(=O)(=O)C(=C)C=C. The zero-order valence-corrected chi connectivity index (χ0v) is 6.73. The van der Waals surface area contributed by atoms with Crippen molar-refractivity contribution in [2.24, 2.45) is 0 Å². The monoisotopic (exact) mass is 172 g/mol. The summed E-state index contributed by atoms with van der Waals surface area (Å²) in [5.74, 6) is 2.03. The third-order valence-electron chi connectivity index (χ3n) is 0.846. The topological polar surface area (TPSA) is 43.4 Å². The van der Waals surface area contributed by atoms with Gasteiger partial charge in [0.2, 0.25) is 0 Å². The fourth-order valence-electron chi connectivity index (χ4n) is 0.289. The van der Waals surface area contributed by atoms with Crippen molar-refractivity contribution in [1.29, 1.82) is 0 Å². The van der Waals surface area contributed by atoms with E-state index in [1.165, 1.54) is 0 Å². The molecule has 0 aromatic heterocycles. The normalized spacial score (nSPS) is 10.1. The van der Waals surface area contributed by atoms with Crippen LogP contribution in [0.2, 0.25) is 0 Å². The molecule has 0 saturated carbocycles. The Balaban J connectivity index is 4.39. The highest BCUT2D eigenvalue weighted by Crippen LogP contribution is 2.05. The summed E-state index contributed by atoms with van der Waals surface area (Å²) in [6, 6.07) is 0. The second kappa shape index (κ2) is 3.96. The van der Waals surface area contributed by atoms with E-state index < -0.39 is 10.1 Å². The highest BCUT2D eigenvalue weighted by molar-refractivity contribution is 7.90.